The first-order valence-corrected chi connectivity index (χ1v) is 19.7. The second-order valence-electron chi connectivity index (χ2n) is 11.0. The molecule has 0 atom stereocenters. The molecule has 8 nitrogen and oxygen atoms in total. The third-order valence-corrected chi connectivity index (χ3v) is 11.9. The van der Waals surface area contributed by atoms with Crippen LogP contribution in [0, 0.1) is 0 Å². The average Bonchev–Trinajstić information content (AvgIpc) is 3.99. The molecule has 49 heavy (non-hydrogen) atoms. The fourth-order valence-electron chi connectivity index (χ4n) is 5.67. The second-order valence-corrected chi connectivity index (χ2v) is 15.4. The molecule has 0 saturated heterocycles. The quantitative estimate of drug-likeness (QED) is 0.0694. The van der Waals surface area contributed by atoms with Gasteiger partial charge in [-0.2, -0.15) is 4.57 Å². The molecule has 0 radical (unpaired) electrons. The third kappa shape index (κ3) is 5.90. The molecular weight excluding hydrogens is 763 g/mol. The molecule has 0 unspecified atom stereocenters. The van der Waals surface area contributed by atoms with Gasteiger partial charge in [-0.3, -0.25) is 4.98 Å². The van der Waals surface area contributed by atoms with E-state index in [0.29, 0.717) is 22.2 Å². The van der Waals surface area contributed by atoms with E-state index in [-0.39, 0.29) is 0 Å². The Morgan fingerprint density at radius 2 is 1.35 bits per heavy atom. The first-order valence-electron chi connectivity index (χ1n) is 15.3. The standard InChI is InChI=1S/C38H24IN6O2S2/c1-2-8-24(9-3-1)37-43-44-38(47-37)28-17-27(33-13-7-15-49-33)21-45(22-28)31-20-41-34(30-11-5-4-10-29(30)31)35-39-23-42-36(46-35)26-16-25(18-40-19-26)32-12-6-14-48-32/h1-22H,23H2/q+1. The molecule has 11 heteroatoms. The van der Waals surface area contributed by atoms with Crippen molar-refractivity contribution in [1.82, 2.24) is 20.2 Å². The molecule has 1 aliphatic heterocycles. The molecule has 0 spiro atoms. The molecule has 236 valence electrons. The Kier molecular flexibility index (Phi) is 7.92. The lowest BCUT2D eigenvalue weighted by atomic mass is 10.1. The molecular formula is C38H24IN6O2S2+. The highest BCUT2D eigenvalue weighted by atomic mass is 127. The lowest BCUT2D eigenvalue weighted by Crippen LogP contribution is -2.31. The van der Waals surface area contributed by atoms with Crippen molar-refractivity contribution >= 4 is 63.8 Å². The molecule has 6 aromatic heterocycles. The number of aliphatic imine (C=N–C) groups is 1. The highest BCUT2D eigenvalue weighted by Crippen LogP contribution is 2.32. The van der Waals surface area contributed by atoms with E-state index in [2.05, 4.69) is 85.2 Å². The smallest absolute Gasteiger partial charge is 0.254 e. The van der Waals surface area contributed by atoms with Crippen molar-refractivity contribution in [2.75, 3.05) is 4.55 Å². The lowest BCUT2D eigenvalue weighted by Gasteiger charge is -2.17. The summed E-state index contributed by atoms with van der Waals surface area (Å²) in [6.07, 6.45) is 9.77. The highest BCUT2D eigenvalue weighted by Gasteiger charge is 2.24. The lowest BCUT2D eigenvalue weighted by molar-refractivity contribution is -0.593. The van der Waals surface area contributed by atoms with E-state index in [1.165, 1.54) is 0 Å². The topological polar surface area (TPSA) is 90.2 Å². The van der Waals surface area contributed by atoms with Gasteiger partial charge >= 0.3 is 0 Å². The van der Waals surface area contributed by atoms with Gasteiger partial charge in [-0.05, 0) is 74.0 Å². The van der Waals surface area contributed by atoms with Gasteiger partial charge in [0.25, 0.3) is 5.89 Å². The number of hydrogen-bond donors (Lipinski definition) is 0. The summed E-state index contributed by atoms with van der Waals surface area (Å²) in [4.78, 5) is 16.6. The molecule has 0 N–H and O–H groups in total. The Bertz CT molecular complexity index is 2510. The van der Waals surface area contributed by atoms with E-state index in [4.69, 9.17) is 19.1 Å². The summed E-state index contributed by atoms with van der Waals surface area (Å²) in [6, 6.07) is 30.6. The number of nitrogens with zero attached hydrogens (tertiary/aromatic N) is 6. The SMILES string of the molecule is c1ccc(-c2nnc(-c3cc(-c4cccs4)c[n+](-c4cnc(C5=ICN=C(c6cncc(-c7cccs7)c6)O5)c5ccccc45)c3)o2)cc1. The van der Waals surface area contributed by atoms with Crippen LogP contribution in [0.25, 0.3) is 60.2 Å². The molecule has 0 fully saturated rings. The molecule has 0 saturated carbocycles. The van der Waals surface area contributed by atoms with Gasteiger partial charge in [-0.15, -0.1) is 32.9 Å². The van der Waals surface area contributed by atoms with E-state index in [0.717, 1.165) is 63.4 Å². The Hall–Kier alpha value is -5.24. The molecule has 2 aromatic carbocycles. The molecule has 7 heterocycles. The van der Waals surface area contributed by atoms with E-state index in [1.54, 1.807) is 22.7 Å². The van der Waals surface area contributed by atoms with Crippen LogP contribution in [-0.2, 0) is 4.74 Å². The van der Waals surface area contributed by atoms with Crippen LogP contribution in [0.4, 0.5) is 0 Å². The number of halogens is 1. The largest absolute Gasteiger partial charge is 0.431 e. The zero-order chi connectivity index (χ0) is 32.6. The van der Waals surface area contributed by atoms with Crippen molar-refractivity contribution < 1.29 is 13.7 Å². The molecule has 1 aliphatic rings. The number of rotatable bonds is 7. The van der Waals surface area contributed by atoms with Gasteiger partial charge in [0.15, 0.2) is 16.1 Å². The van der Waals surface area contributed by atoms with Crippen LogP contribution in [0.1, 0.15) is 11.3 Å². The number of ether oxygens (including phenoxy) is 1. The maximum Gasteiger partial charge on any atom is 0.254 e. The number of alkyl halides is 1. The van der Waals surface area contributed by atoms with Gasteiger partial charge in [0, 0.05) is 38.7 Å². The van der Waals surface area contributed by atoms with Crippen molar-refractivity contribution in [3.8, 4) is 49.5 Å². The minimum atomic E-state index is -0.525. The average molecular weight is 788 g/mol. The van der Waals surface area contributed by atoms with Crippen molar-refractivity contribution in [3.63, 3.8) is 0 Å². The molecule has 9 rings (SSSR count). The van der Waals surface area contributed by atoms with Crippen LogP contribution >= 0.6 is 43.4 Å². The summed E-state index contributed by atoms with van der Waals surface area (Å²) in [7, 11) is 0. The zero-order valence-corrected chi connectivity index (χ0v) is 29.4. The van der Waals surface area contributed by atoms with Gasteiger partial charge in [0.1, 0.15) is 17.5 Å². The summed E-state index contributed by atoms with van der Waals surface area (Å²) < 4.78 is 16.5. The van der Waals surface area contributed by atoms with Crippen molar-refractivity contribution in [2.45, 2.75) is 0 Å². The van der Waals surface area contributed by atoms with E-state index in [1.807, 2.05) is 67.3 Å². The first kappa shape index (κ1) is 29.9. The zero-order valence-electron chi connectivity index (χ0n) is 25.6. The Morgan fingerprint density at radius 1 is 0.653 bits per heavy atom. The summed E-state index contributed by atoms with van der Waals surface area (Å²) in [5.41, 5.74) is 6.41. The fraction of sp³-hybridized carbons (Fsp3) is 0.0263. The van der Waals surface area contributed by atoms with Gasteiger partial charge in [-0.25, -0.2) is 9.98 Å². The van der Waals surface area contributed by atoms with Gasteiger partial charge in [0.2, 0.25) is 17.5 Å². The predicted octanol–water partition coefficient (Wildman–Crippen LogP) is 8.96. The number of fused-ring (bicyclic) bond motifs is 1. The monoisotopic (exact) mass is 787 g/mol. The van der Waals surface area contributed by atoms with Crippen LogP contribution in [0.5, 0.6) is 0 Å². The number of thiophene rings is 2. The molecule has 8 aromatic rings. The van der Waals surface area contributed by atoms with Crippen LogP contribution in [0.15, 0.2) is 142 Å². The van der Waals surface area contributed by atoms with Gasteiger partial charge < -0.3 is 9.15 Å². The molecule has 0 amide bonds. The number of hydrogen-bond acceptors (Lipinski definition) is 9. The Labute approximate surface area is 298 Å². The Balaban J connectivity index is 1.10. The number of aromatic nitrogens is 5. The molecule has 0 aliphatic carbocycles. The van der Waals surface area contributed by atoms with Gasteiger partial charge in [-0.1, -0.05) is 48.5 Å². The number of pyridine rings is 3. The summed E-state index contributed by atoms with van der Waals surface area (Å²) >= 11 is 2.84. The van der Waals surface area contributed by atoms with E-state index >= 15 is 0 Å². The van der Waals surface area contributed by atoms with E-state index in [9.17, 15) is 0 Å². The van der Waals surface area contributed by atoms with Crippen LogP contribution < -0.4 is 4.57 Å². The van der Waals surface area contributed by atoms with Crippen molar-refractivity contribution in [1.29, 1.82) is 0 Å². The third-order valence-electron chi connectivity index (χ3n) is 7.97. The fourth-order valence-corrected chi connectivity index (χ4v) is 9.03. The Morgan fingerprint density at radius 3 is 2.14 bits per heavy atom. The summed E-state index contributed by atoms with van der Waals surface area (Å²) in [5.74, 6) is 1.50. The first-order chi connectivity index (χ1) is 24.3. The van der Waals surface area contributed by atoms with Crippen molar-refractivity contribution in [2.24, 2.45) is 4.99 Å². The summed E-state index contributed by atoms with van der Waals surface area (Å²) in [5, 5.41) is 15.0. The van der Waals surface area contributed by atoms with Crippen LogP contribution in [-0.4, -0.2) is 34.3 Å². The van der Waals surface area contributed by atoms with Crippen LogP contribution in [0.3, 0.4) is 0 Å². The minimum Gasteiger partial charge on any atom is -0.431 e. The minimum absolute atomic E-state index is 0.445. The van der Waals surface area contributed by atoms with Gasteiger partial charge in [0.05, 0.1) is 21.1 Å². The van der Waals surface area contributed by atoms with Crippen LogP contribution in [0.2, 0.25) is 0 Å². The molecule has 0 bridgehead atoms. The second kappa shape index (κ2) is 13.0. The predicted molar refractivity (Wildman–Crippen MR) is 203 cm³/mol. The maximum absolute atomic E-state index is 6.55. The normalized spacial score (nSPS) is 13.0. The highest BCUT2D eigenvalue weighted by molar-refractivity contribution is 14.2. The number of benzene rings is 2. The maximum atomic E-state index is 6.55. The summed E-state index contributed by atoms with van der Waals surface area (Å²) in [6.45, 7) is 0. The van der Waals surface area contributed by atoms with E-state index < -0.39 is 20.7 Å². The van der Waals surface area contributed by atoms with Crippen molar-refractivity contribution in [3.05, 3.63) is 144 Å².